The zero-order valence-corrected chi connectivity index (χ0v) is 13.2. The molecule has 0 amide bonds. The molecule has 3 heterocycles. The van der Waals surface area contributed by atoms with Gasteiger partial charge in [-0.2, -0.15) is 0 Å². The van der Waals surface area contributed by atoms with E-state index in [0.717, 1.165) is 16.2 Å². The lowest BCUT2D eigenvalue weighted by Gasteiger charge is -2.03. The summed E-state index contributed by atoms with van der Waals surface area (Å²) in [5.41, 5.74) is 0.240. The molecule has 5 nitrogen and oxygen atoms in total. The van der Waals surface area contributed by atoms with Gasteiger partial charge < -0.3 is 5.11 Å². The first-order valence-corrected chi connectivity index (χ1v) is 7.94. The molecule has 21 heavy (non-hydrogen) atoms. The van der Waals surface area contributed by atoms with Crippen molar-refractivity contribution in [3.05, 3.63) is 48.5 Å². The molecular formula is C13H9ClN2O3S2. The second kappa shape index (κ2) is 5.25. The molecule has 1 N–H and O–H groups in total. The fraction of sp³-hybridized carbons (Fsp3) is 0.154. The molecule has 8 heteroatoms. The van der Waals surface area contributed by atoms with Crippen molar-refractivity contribution in [3.8, 4) is 0 Å². The number of rotatable bonds is 3. The van der Waals surface area contributed by atoms with Crippen LogP contribution < -0.4 is 5.56 Å². The number of hydrogen-bond acceptors (Lipinski definition) is 5. The van der Waals surface area contributed by atoms with Gasteiger partial charge in [-0.3, -0.25) is 9.36 Å². The maximum atomic E-state index is 12.5. The van der Waals surface area contributed by atoms with E-state index < -0.39 is 5.97 Å². The molecule has 0 saturated heterocycles. The minimum absolute atomic E-state index is 0.159. The second-order valence-corrected chi connectivity index (χ2v) is 7.22. The Morgan fingerprint density at radius 2 is 2.19 bits per heavy atom. The van der Waals surface area contributed by atoms with E-state index >= 15 is 0 Å². The van der Waals surface area contributed by atoms with E-state index in [2.05, 4.69) is 4.98 Å². The van der Waals surface area contributed by atoms with Crippen LogP contribution in [-0.2, 0) is 6.54 Å². The number of carbonyl (C=O) groups is 1. The van der Waals surface area contributed by atoms with Gasteiger partial charge in [0.25, 0.3) is 5.56 Å². The highest BCUT2D eigenvalue weighted by Gasteiger charge is 2.18. The SMILES string of the molecule is Cc1c(C(=O)O)sc2ncn(Cc3ccc(Cl)s3)c(=O)c12. The molecular weight excluding hydrogens is 332 g/mol. The van der Waals surface area contributed by atoms with E-state index in [0.29, 0.717) is 26.7 Å². The van der Waals surface area contributed by atoms with Crippen LogP contribution in [0.5, 0.6) is 0 Å². The number of aromatic nitrogens is 2. The Balaban J connectivity index is 2.13. The summed E-state index contributed by atoms with van der Waals surface area (Å²) < 4.78 is 2.13. The number of hydrogen-bond donors (Lipinski definition) is 1. The number of thiophene rings is 2. The molecule has 0 bridgehead atoms. The van der Waals surface area contributed by atoms with Gasteiger partial charge in [0, 0.05) is 4.88 Å². The molecule has 0 atom stereocenters. The highest BCUT2D eigenvalue weighted by Crippen LogP contribution is 2.27. The molecule has 0 aliphatic rings. The van der Waals surface area contributed by atoms with E-state index in [1.165, 1.54) is 22.2 Å². The molecule has 0 saturated carbocycles. The summed E-state index contributed by atoms with van der Waals surface area (Å²) in [7, 11) is 0. The Kier molecular flexibility index (Phi) is 3.56. The summed E-state index contributed by atoms with van der Waals surface area (Å²) in [5.74, 6) is -1.04. The molecule has 0 radical (unpaired) electrons. The first-order chi connectivity index (χ1) is 9.97. The van der Waals surface area contributed by atoms with Crippen molar-refractivity contribution in [2.45, 2.75) is 13.5 Å². The number of carboxylic acids is 1. The van der Waals surface area contributed by atoms with Gasteiger partial charge >= 0.3 is 5.97 Å². The number of aryl methyl sites for hydroxylation is 1. The summed E-state index contributed by atoms with van der Waals surface area (Å²) in [6.07, 6.45) is 1.44. The lowest BCUT2D eigenvalue weighted by Crippen LogP contribution is -2.20. The molecule has 0 unspecified atom stereocenters. The summed E-state index contributed by atoms with van der Waals surface area (Å²) >= 11 is 8.30. The van der Waals surface area contributed by atoms with Crippen LogP contribution in [0.4, 0.5) is 0 Å². The predicted octanol–water partition coefficient (Wildman–Crippen LogP) is 3.23. The van der Waals surface area contributed by atoms with Gasteiger partial charge in [-0.1, -0.05) is 11.6 Å². The van der Waals surface area contributed by atoms with Gasteiger partial charge in [-0.15, -0.1) is 22.7 Å². The predicted molar refractivity (Wildman–Crippen MR) is 84.0 cm³/mol. The third-order valence-corrected chi connectivity index (χ3v) is 5.47. The number of fused-ring (bicyclic) bond motifs is 1. The highest BCUT2D eigenvalue weighted by atomic mass is 35.5. The van der Waals surface area contributed by atoms with Gasteiger partial charge in [-0.05, 0) is 24.6 Å². The Bertz CT molecular complexity index is 910. The normalized spacial score (nSPS) is 11.1. The number of carboxylic acid groups (broad SMARTS) is 1. The van der Waals surface area contributed by atoms with Crippen molar-refractivity contribution in [2.75, 3.05) is 0 Å². The average Bonchev–Trinajstić information content (AvgIpc) is 2.97. The van der Waals surface area contributed by atoms with Gasteiger partial charge in [0.05, 0.1) is 22.6 Å². The van der Waals surface area contributed by atoms with E-state index in [4.69, 9.17) is 16.7 Å². The molecule has 0 fully saturated rings. The van der Waals surface area contributed by atoms with E-state index in [1.54, 1.807) is 13.0 Å². The average molecular weight is 341 g/mol. The first kappa shape index (κ1) is 14.2. The molecule has 0 aliphatic heterocycles. The molecule has 0 aliphatic carbocycles. The standard InChI is InChI=1S/C13H9ClN2O3S2/c1-6-9-11(21-10(6)13(18)19)15-5-16(12(9)17)4-7-2-3-8(14)20-7/h2-3,5H,4H2,1H3,(H,18,19). The van der Waals surface area contributed by atoms with Crippen LogP contribution in [0.1, 0.15) is 20.1 Å². The van der Waals surface area contributed by atoms with Crippen molar-refractivity contribution in [1.82, 2.24) is 9.55 Å². The Hall–Kier alpha value is -1.70. The minimum atomic E-state index is -1.04. The minimum Gasteiger partial charge on any atom is -0.477 e. The number of nitrogens with zero attached hydrogens (tertiary/aromatic N) is 2. The maximum Gasteiger partial charge on any atom is 0.346 e. The summed E-state index contributed by atoms with van der Waals surface area (Å²) in [5, 5.41) is 9.50. The Labute approximate surface area is 132 Å². The van der Waals surface area contributed by atoms with Gasteiger partial charge in [0.1, 0.15) is 9.71 Å². The van der Waals surface area contributed by atoms with Crippen LogP contribution in [-0.4, -0.2) is 20.6 Å². The summed E-state index contributed by atoms with van der Waals surface area (Å²) in [6.45, 7) is 2.01. The third-order valence-electron chi connectivity index (χ3n) is 3.07. The molecule has 0 spiro atoms. The molecule has 3 aromatic heterocycles. The van der Waals surface area contributed by atoms with Crippen molar-refractivity contribution >= 4 is 50.5 Å². The molecule has 3 rings (SSSR count). The van der Waals surface area contributed by atoms with E-state index in [9.17, 15) is 9.59 Å². The van der Waals surface area contributed by atoms with E-state index in [1.807, 2.05) is 6.07 Å². The molecule has 0 aromatic carbocycles. The van der Waals surface area contributed by atoms with E-state index in [-0.39, 0.29) is 10.4 Å². The zero-order valence-electron chi connectivity index (χ0n) is 10.8. The first-order valence-electron chi connectivity index (χ1n) is 5.93. The largest absolute Gasteiger partial charge is 0.477 e. The van der Waals surface area contributed by atoms with Crippen molar-refractivity contribution in [2.24, 2.45) is 0 Å². The maximum absolute atomic E-state index is 12.5. The number of halogens is 1. The van der Waals surface area contributed by atoms with Crippen molar-refractivity contribution in [3.63, 3.8) is 0 Å². The monoisotopic (exact) mass is 340 g/mol. The topological polar surface area (TPSA) is 72.2 Å². The molecule has 3 aromatic rings. The third kappa shape index (κ3) is 2.48. The van der Waals surface area contributed by atoms with Crippen LogP contribution in [0.25, 0.3) is 10.2 Å². The van der Waals surface area contributed by atoms with Gasteiger partial charge in [0.15, 0.2) is 0 Å². The fourth-order valence-corrected chi connectivity index (χ4v) is 4.15. The number of aromatic carboxylic acids is 1. The smallest absolute Gasteiger partial charge is 0.346 e. The second-order valence-electron chi connectivity index (χ2n) is 4.42. The molecule has 108 valence electrons. The van der Waals surface area contributed by atoms with Crippen molar-refractivity contribution in [1.29, 1.82) is 0 Å². The van der Waals surface area contributed by atoms with Gasteiger partial charge in [0.2, 0.25) is 0 Å². The Morgan fingerprint density at radius 1 is 1.43 bits per heavy atom. The summed E-state index contributed by atoms with van der Waals surface area (Å²) in [4.78, 5) is 29.4. The van der Waals surface area contributed by atoms with Crippen molar-refractivity contribution < 1.29 is 9.90 Å². The summed E-state index contributed by atoms with van der Waals surface area (Å²) in [6, 6.07) is 3.63. The highest BCUT2D eigenvalue weighted by molar-refractivity contribution is 7.20. The fourth-order valence-electron chi connectivity index (χ4n) is 2.08. The van der Waals surface area contributed by atoms with Crippen LogP contribution in [0, 0.1) is 6.92 Å². The van der Waals surface area contributed by atoms with Crippen LogP contribution in [0.3, 0.4) is 0 Å². The lowest BCUT2D eigenvalue weighted by molar-refractivity contribution is 0.0701. The lowest BCUT2D eigenvalue weighted by atomic mass is 10.2. The van der Waals surface area contributed by atoms with Gasteiger partial charge in [-0.25, -0.2) is 9.78 Å². The quantitative estimate of drug-likeness (QED) is 0.794. The van der Waals surface area contributed by atoms with Crippen LogP contribution in [0.15, 0.2) is 23.3 Å². The zero-order chi connectivity index (χ0) is 15.1. The Morgan fingerprint density at radius 3 is 2.81 bits per heavy atom. The van der Waals surface area contributed by atoms with Crippen LogP contribution >= 0.6 is 34.3 Å². The van der Waals surface area contributed by atoms with Crippen LogP contribution in [0.2, 0.25) is 4.34 Å².